The van der Waals surface area contributed by atoms with E-state index in [9.17, 15) is 40.7 Å². The van der Waals surface area contributed by atoms with Crippen LogP contribution in [0.1, 0.15) is 129 Å². The standard InChI is InChI=1S/C59H56F6N12O4/c1-33(2)27-56(52(80)76(54(66)72-56)28-38-13-17-44(58(60,61)62)42(25-38)50(78)74-29-46-47(30-74)69-20-19-68-46)40-15-11-37(12-16-40)24-34(3)23-35(4)57(41-9-7-6-8-10-41)53(81)77(55(67)73-57)36(5)39-14-18-45(59(63,64)65)43(26-39)51(79)75-31-48-49(32-75)71-22-21-70-48/h6-22,25-26,33-34,36H,4,23-24,27-32H2,1-3,5H3,(H2,66,72)(H2,67,73)/t34?,36-,56?,57-/m1/s1. The van der Waals surface area contributed by atoms with E-state index in [0.29, 0.717) is 45.9 Å². The van der Waals surface area contributed by atoms with Crippen molar-refractivity contribution in [1.29, 1.82) is 0 Å². The molecule has 0 bridgehead atoms. The van der Waals surface area contributed by atoms with Gasteiger partial charge in [0.2, 0.25) is 0 Å². The van der Waals surface area contributed by atoms with E-state index < -0.39 is 75.4 Å². The molecule has 4 aliphatic heterocycles. The molecule has 0 fully saturated rings. The molecule has 10 rings (SSSR count). The average molecular weight is 1110 g/mol. The molecular weight excluding hydrogens is 1050 g/mol. The second-order valence-electron chi connectivity index (χ2n) is 21.4. The lowest BCUT2D eigenvalue weighted by Gasteiger charge is -2.32. The number of guanidine groups is 2. The van der Waals surface area contributed by atoms with Crippen LogP contribution < -0.4 is 11.5 Å². The number of carbonyl (C=O) groups excluding carboxylic acids is 4. The van der Waals surface area contributed by atoms with E-state index in [1.807, 2.05) is 32.9 Å². The predicted molar refractivity (Wildman–Crippen MR) is 285 cm³/mol. The van der Waals surface area contributed by atoms with Crippen LogP contribution in [-0.4, -0.2) is 75.1 Å². The number of benzene rings is 4. The van der Waals surface area contributed by atoms with Crippen molar-refractivity contribution < 1.29 is 45.5 Å². The van der Waals surface area contributed by atoms with Gasteiger partial charge in [0.05, 0.1) is 83.8 Å². The van der Waals surface area contributed by atoms with Crippen LogP contribution >= 0.6 is 0 Å². The number of nitrogens with two attached hydrogens (primary N) is 2. The Kier molecular flexibility index (Phi) is 14.4. The van der Waals surface area contributed by atoms with E-state index in [0.717, 1.165) is 29.8 Å². The molecule has 4 aliphatic rings. The fraction of sp³-hybridized carbons (Fsp3) is 0.322. The minimum Gasteiger partial charge on any atom is -0.369 e. The lowest BCUT2D eigenvalue weighted by Crippen LogP contribution is -2.45. The molecule has 2 unspecified atom stereocenters. The minimum absolute atomic E-state index is 0.0160. The molecule has 4 N–H and O–H groups in total. The highest BCUT2D eigenvalue weighted by molar-refractivity contribution is 6.10. The average Bonchev–Trinajstić information content (AvgIpc) is 4.40. The third-order valence-electron chi connectivity index (χ3n) is 15.3. The number of nitrogens with zero attached hydrogens (tertiary/aromatic N) is 10. The lowest BCUT2D eigenvalue weighted by atomic mass is 9.78. The van der Waals surface area contributed by atoms with Crippen molar-refractivity contribution in [1.82, 2.24) is 39.5 Å². The van der Waals surface area contributed by atoms with Gasteiger partial charge in [-0.05, 0) is 95.7 Å². The maximum atomic E-state index is 15.1. The van der Waals surface area contributed by atoms with Crippen LogP contribution in [0.25, 0.3) is 0 Å². The zero-order valence-corrected chi connectivity index (χ0v) is 44.6. The monoisotopic (exact) mass is 1110 g/mol. The summed E-state index contributed by atoms with van der Waals surface area (Å²) in [6, 6.07) is 21.4. The molecule has 4 aromatic carbocycles. The van der Waals surface area contributed by atoms with Crippen LogP contribution in [0.4, 0.5) is 26.3 Å². The van der Waals surface area contributed by atoms with Crippen LogP contribution in [0.2, 0.25) is 0 Å². The zero-order chi connectivity index (χ0) is 57.9. The Balaban J connectivity index is 0.858. The Morgan fingerprint density at radius 2 is 1.14 bits per heavy atom. The summed E-state index contributed by atoms with van der Waals surface area (Å²) in [7, 11) is 0. The summed E-state index contributed by atoms with van der Waals surface area (Å²) >= 11 is 0. The zero-order valence-electron chi connectivity index (χ0n) is 44.6. The third kappa shape index (κ3) is 10.3. The molecule has 16 nitrogen and oxygen atoms in total. The van der Waals surface area contributed by atoms with Gasteiger partial charge in [0.25, 0.3) is 23.6 Å². The smallest absolute Gasteiger partial charge is 0.369 e. The van der Waals surface area contributed by atoms with Crippen molar-refractivity contribution in [3.05, 3.63) is 201 Å². The van der Waals surface area contributed by atoms with Gasteiger partial charge in [-0.25, -0.2) is 9.98 Å². The van der Waals surface area contributed by atoms with Crippen molar-refractivity contribution in [3.8, 4) is 0 Å². The Morgan fingerprint density at radius 3 is 1.65 bits per heavy atom. The second-order valence-corrected chi connectivity index (χ2v) is 21.4. The lowest BCUT2D eigenvalue weighted by molar-refractivity contribution is -0.138. The van der Waals surface area contributed by atoms with Crippen LogP contribution in [-0.2, 0) is 72.2 Å². The Hall–Kier alpha value is -8.82. The van der Waals surface area contributed by atoms with E-state index in [4.69, 9.17) is 21.5 Å². The SMILES string of the molecule is C=C(CC(C)Cc1ccc(C2(CC(C)C)N=C(N)N(Cc3ccc(C(F)(F)F)c(C(=O)N4Cc5nccnc5C4)c3)C2=O)cc1)[C@]1(c2ccccc2)N=C(N)N([C@H](C)c2ccc(C(F)(F)F)c(C(=O)N3Cc4nccnc4C3)c2)C1=O. The van der Waals surface area contributed by atoms with E-state index >= 15 is 4.79 Å². The van der Waals surface area contributed by atoms with Crippen LogP contribution in [0.3, 0.4) is 0 Å². The molecule has 418 valence electrons. The maximum Gasteiger partial charge on any atom is 0.417 e. The maximum absolute atomic E-state index is 15.1. The molecule has 81 heavy (non-hydrogen) atoms. The molecule has 4 atom stereocenters. The van der Waals surface area contributed by atoms with E-state index in [-0.39, 0.29) is 80.4 Å². The van der Waals surface area contributed by atoms with Crippen LogP contribution in [0.15, 0.2) is 138 Å². The summed E-state index contributed by atoms with van der Waals surface area (Å²) in [6.07, 6.45) is -2.99. The van der Waals surface area contributed by atoms with Crippen LogP contribution in [0, 0.1) is 11.8 Å². The topological polar surface area (TPSA) is 210 Å². The molecule has 2 aromatic heterocycles. The van der Waals surface area contributed by atoms with Gasteiger partial charge in [0.1, 0.15) is 0 Å². The largest absolute Gasteiger partial charge is 0.417 e. The summed E-state index contributed by atoms with van der Waals surface area (Å²) in [6.45, 7) is 11.5. The first-order chi connectivity index (χ1) is 38.4. The summed E-state index contributed by atoms with van der Waals surface area (Å²) in [4.78, 5) is 88.9. The number of hydrogen-bond acceptors (Lipinski definition) is 12. The number of rotatable bonds is 15. The number of hydrogen-bond donors (Lipinski definition) is 2. The highest BCUT2D eigenvalue weighted by Gasteiger charge is 2.53. The minimum atomic E-state index is -4.88. The Morgan fingerprint density at radius 1 is 0.630 bits per heavy atom. The number of fused-ring (bicyclic) bond motifs is 2. The quantitative estimate of drug-likeness (QED) is 0.0736. The van der Waals surface area contributed by atoms with Crippen LogP contribution in [0.5, 0.6) is 0 Å². The number of carbonyl (C=O) groups is 4. The van der Waals surface area contributed by atoms with Gasteiger partial charge in [0, 0.05) is 24.8 Å². The number of alkyl halides is 6. The fourth-order valence-electron chi connectivity index (χ4n) is 11.5. The highest BCUT2D eigenvalue weighted by atomic mass is 19.4. The van der Waals surface area contributed by atoms with Crippen molar-refractivity contribution in [3.63, 3.8) is 0 Å². The van der Waals surface area contributed by atoms with Gasteiger partial charge in [0.15, 0.2) is 23.0 Å². The molecule has 0 aliphatic carbocycles. The summed E-state index contributed by atoms with van der Waals surface area (Å²) < 4.78 is 86.8. The molecule has 6 heterocycles. The first-order valence-corrected chi connectivity index (χ1v) is 26.2. The van der Waals surface area contributed by atoms with Gasteiger partial charge >= 0.3 is 12.4 Å². The number of aliphatic imine (C=N–C) groups is 2. The number of aromatic nitrogens is 4. The molecule has 0 radical (unpaired) electrons. The summed E-state index contributed by atoms with van der Waals surface area (Å²) in [5, 5.41) is 0. The van der Waals surface area contributed by atoms with Gasteiger partial charge in [-0.2, -0.15) is 26.3 Å². The summed E-state index contributed by atoms with van der Waals surface area (Å²) in [5.41, 5.74) is 11.1. The molecule has 0 spiro atoms. The Labute approximate surface area is 462 Å². The first-order valence-electron chi connectivity index (χ1n) is 26.2. The van der Waals surface area contributed by atoms with Crippen molar-refractivity contribution in [2.45, 2.75) is 109 Å². The highest BCUT2D eigenvalue weighted by Crippen LogP contribution is 2.46. The van der Waals surface area contributed by atoms with E-state index in [1.165, 1.54) is 56.5 Å². The van der Waals surface area contributed by atoms with E-state index in [1.54, 1.807) is 49.4 Å². The van der Waals surface area contributed by atoms with E-state index in [2.05, 4.69) is 26.5 Å². The predicted octanol–water partition coefficient (Wildman–Crippen LogP) is 9.15. The normalized spacial score (nSPS) is 19.7. The van der Waals surface area contributed by atoms with Crippen molar-refractivity contribution >= 4 is 35.5 Å². The van der Waals surface area contributed by atoms with Crippen molar-refractivity contribution in [2.75, 3.05) is 0 Å². The summed E-state index contributed by atoms with van der Waals surface area (Å²) in [5.74, 6) is -3.40. The van der Waals surface area contributed by atoms with Gasteiger partial charge in [-0.3, -0.25) is 48.9 Å². The number of halogens is 6. The second kappa shape index (κ2) is 21.0. The first kappa shape index (κ1) is 55.5. The molecule has 22 heteroatoms. The third-order valence-corrected chi connectivity index (χ3v) is 15.3. The number of amides is 4. The molecular formula is C59H56F6N12O4. The van der Waals surface area contributed by atoms with Gasteiger partial charge in [-0.1, -0.05) is 94.1 Å². The molecule has 0 saturated heterocycles. The van der Waals surface area contributed by atoms with Gasteiger partial charge in [-0.15, -0.1) is 0 Å². The fourth-order valence-corrected chi connectivity index (χ4v) is 11.5. The van der Waals surface area contributed by atoms with Gasteiger partial charge < -0.3 is 21.3 Å². The molecule has 4 amide bonds. The van der Waals surface area contributed by atoms with Crippen molar-refractivity contribution in [2.24, 2.45) is 33.3 Å². The molecule has 0 saturated carbocycles. The Bertz CT molecular complexity index is 3520. The molecule has 6 aromatic rings.